The van der Waals surface area contributed by atoms with Gasteiger partial charge in [0.2, 0.25) is 5.91 Å². The second-order valence-electron chi connectivity index (χ2n) is 5.81. The van der Waals surface area contributed by atoms with Gasteiger partial charge in [0, 0.05) is 17.3 Å². The van der Waals surface area contributed by atoms with Gasteiger partial charge in [-0.3, -0.25) is 9.59 Å². The molecule has 3 rings (SSSR count). The predicted molar refractivity (Wildman–Crippen MR) is 96.9 cm³/mol. The summed E-state index contributed by atoms with van der Waals surface area (Å²) >= 11 is 17.7. The number of nitrogens with one attached hydrogen (secondary N) is 2. The lowest BCUT2D eigenvalue weighted by Crippen LogP contribution is -2.17. The highest BCUT2D eigenvalue weighted by Gasteiger charge is 2.56. The molecule has 1 aliphatic rings. The van der Waals surface area contributed by atoms with Gasteiger partial charge in [0.25, 0.3) is 5.91 Å². The highest BCUT2D eigenvalue weighted by atomic mass is 35.5. The van der Waals surface area contributed by atoms with Crippen molar-refractivity contribution in [3.8, 4) is 0 Å². The summed E-state index contributed by atoms with van der Waals surface area (Å²) in [6, 6.07) is 6.85. The second kappa shape index (κ2) is 7.02. The van der Waals surface area contributed by atoms with Gasteiger partial charge < -0.3 is 10.6 Å². The zero-order chi connectivity index (χ0) is 19.1. The monoisotopic (exact) mass is 418 g/mol. The van der Waals surface area contributed by atoms with E-state index in [1.54, 1.807) is 0 Å². The molecule has 1 atom stereocenters. The van der Waals surface area contributed by atoms with Crippen LogP contribution in [0.15, 0.2) is 36.4 Å². The van der Waals surface area contributed by atoms with Crippen molar-refractivity contribution in [3.63, 3.8) is 0 Å². The number of hydrogen-bond donors (Lipinski definition) is 2. The summed E-state index contributed by atoms with van der Waals surface area (Å²) in [6.45, 7) is 0. The van der Waals surface area contributed by atoms with Gasteiger partial charge in [-0.15, -0.1) is 23.2 Å². The van der Waals surface area contributed by atoms with Crippen LogP contribution >= 0.6 is 34.8 Å². The fraction of sp³-hybridized carbons (Fsp3) is 0.176. The van der Waals surface area contributed by atoms with Crippen LogP contribution in [-0.2, 0) is 4.79 Å². The first-order valence-electron chi connectivity index (χ1n) is 7.41. The molecule has 0 radical (unpaired) electrons. The van der Waals surface area contributed by atoms with Gasteiger partial charge in [0.05, 0.1) is 16.6 Å². The van der Waals surface area contributed by atoms with E-state index in [2.05, 4.69) is 10.6 Å². The normalized spacial score (nSPS) is 17.5. The maximum absolute atomic E-state index is 13.2. The van der Waals surface area contributed by atoms with E-state index in [1.807, 2.05) is 0 Å². The molecule has 2 aromatic rings. The Morgan fingerprint density at radius 2 is 1.65 bits per heavy atom. The number of hydrogen-bond acceptors (Lipinski definition) is 2. The summed E-state index contributed by atoms with van der Waals surface area (Å²) in [5.41, 5.74) is 0.314. The van der Waals surface area contributed by atoms with E-state index in [0.29, 0.717) is 18.2 Å². The molecule has 2 amide bonds. The van der Waals surface area contributed by atoms with Crippen LogP contribution in [-0.4, -0.2) is 16.1 Å². The lowest BCUT2D eigenvalue weighted by molar-refractivity contribution is -0.117. The molecule has 1 unspecified atom stereocenters. The Balaban J connectivity index is 1.75. The van der Waals surface area contributed by atoms with Gasteiger partial charge in [-0.1, -0.05) is 11.6 Å². The number of halogens is 5. The van der Waals surface area contributed by atoms with Gasteiger partial charge >= 0.3 is 0 Å². The number of amides is 2. The third-order valence-electron chi connectivity index (χ3n) is 3.75. The van der Waals surface area contributed by atoms with Crippen molar-refractivity contribution in [2.75, 3.05) is 10.6 Å². The molecule has 2 aromatic carbocycles. The molecule has 9 heteroatoms. The van der Waals surface area contributed by atoms with Gasteiger partial charge in [0.15, 0.2) is 0 Å². The molecular formula is C17H11Cl3F2N2O2. The van der Waals surface area contributed by atoms with E-state index >= 15 is 0 Å². The molecule has 1 aliphatic carbocycles. The smallest absolute Gasteiger partial charge is 0.255 e. The molecule has 0 bridgehead atoms. The van der Waals surface area contributed by atoms with E-state index < -0.39 is 27.8 Å². The Hall–Kier alpha value is -1.89. The number of anilines is 2. The van der Waals surface area contributed by atoms with E-state index in [0.717, 1.165) is 12.1 Å². The Kier molecular flexibility index (Phi) is 5.10. The minimum Gasteiger partial charge on any atom is -0.326 e. The van der Waals surface area contributed by atoms with Crippen molar-refractivity contribution in [1.82, 2.24) is 0 Å². The molecule has 4 nitrogen and oxygen atoms in total. The SMILES string of the molecule is O=C(Nc1cc(NC(=O)C2CC2(Cl)Cl)ccc1Cl)c1cc(F)cc(F)c1. The molecule has 0 spiro atoms. The zero-order valence-electron chi connectivity index (χ0n) is 13.0. The standard InChI is InChI=1S/C17H11Cl3F2N2O2/c18-13-2-1-11(23-16(26)12-7-17(12,19)20)6-14(13)24-15(25)8-3-9(21)5-10(22)4-8/h1-6,12H,7H2,(H,23,26)(H,24,25). The minimum absolute atomic E-state index is 0.165. The minimum atomic E-state index is -1.06. The van der Waals surface area contributed by atoms with Crippen LogP contribution in [0.2, 0.25) is 5.02 Å². The topological polar surface area (TPSA) is 58.2 Å². The summed E-state index contributed by atoms with van der Waals surface area (Å²) in [4.78, 5) is 24.2. The third-order valence-corrected chi connectivity index (χ3v) is 4.91. The fourth-order valence-electron chi connectivity index (χ4n) is 2.31. The van der Waals surface area contributed by atoms with Crippen molar-refractivity contribution in [2.45, 2.75) is 10.8 Å². The second-order valence-corrected chi connectivity index (χ2v) is 7.76. The Labute approximate surface area is 162 Å². The van der Waals surface area contributed by atoms with E-state index in [9.17, 15) is 18.4 Å². The summed E-state index contributed by atoms with van der Waals surface area (Å²) in [6.07, 6.45) is 0.351. The Bertz CT molecular complexity index is 885. The van der Waals surface area contributed by atoms with Crippen molar-refractivity contribution in [1.29, 1.82) is 0 Å². The first-order valence-corrected chi connectivity index (χ1v) is 8.55. The Morgan fingerprint density at radius 3 is 2.23 bits per heavy atom. The lowest BCUT2D eigenvalue weighted by atomic mass is 10.2. The molecule has 0 saturated heterocycles. The lowest BCUT2D eigenvalue weighted by Gasteiger charge is -2.11. The highest BCUT2D eigenvalue weighted by molar-refractivity contribution is 6.52. The maximum Gasteiger partial charge on any atom is 0.255 e. The van der Waals surface area contributed by atoms with Gasteiger partial charge in [-0.25, -0.2) is 8.78 Å². The zero-order valence-corrected chi connectivity index (χ0v) is 15.2. The average Bonchev–Trinajstić information content (AvgIpc) is 3.18. The summed E-state index contributed by atoms with van der Waals surface area (Å²) in [5, 5.41) is 5.25. The van der Waals surface area contributed by atoms with Crippen LogP contribution in [0, 0.1) is 17.6 Å². The van der Waals surface area contributed by atoms with Crippen molar-refractivity contribution in [3.05, 3.63) is 58.6 Å². The average molecular weight is 420 g/mol. The molecule has 26 heavy (non-hydrogen) atoms. The first kappa shape index (κ1) is 18.9. The highest BCUT2D eigenvalue weighted by Crippen LogP contribution is 2.53. The number of carbonyl (C=O) groups is 2. The Morgan fingerprint density at radius 1 is 1.04 bits per heavy atom. The molecule has 0 aromatic heterocycles. The number of rotatable bonds is 4. The van der Waals surface area contributed by atoms with Crippen LogP contribution in [0.3, 0.4) is 0 Å². The molecule has 0 heterocycles. The number of benzene rings is 2. The van der Waals surface area contributed by atoms with E-state index in [1.165, 1.54) is 18.2 Å². The molecular weight excluding hydrogens is 409 g/mol. The van der Waals surface area contributed by atoms with Crippen molar-refractivity contribution < 1.29 is 18.4 Å². The maximum atomic E-state index is 13.2. The van der Waals surface area contributed by atoms with Crippen molar-refractivity contribution in [2.24, 2.45) is 5.92 Å². The largest absolute Gasteiger partial charge is 0.326 e. The molecule has 136 valence electrons. The first-order chi connectivity index (χ1) is 12.2. The van der Waals surface area contributed by atoms with Crippen molar-refractivity contribution >= 4 is 58.0 Å². The van der Waals surface area contributed by atoms with Crippen LogP contribution < -0.4 is 10.6 Å². The van der Waals surface area contributed by atoms with Gasteiger partial charge in [-0.2, -0.15) is 0 Å². The van der Waals surface area contributed by atoms with Crippen LogP contribution in [0.25, 0.3) is 0 Å². The molecule has 1 saturated carbocycles. The molecule has 1 fully saturated rings. The third kappa shape index (κ3) is 4.26. The summed E-state index contributed by atoms with van der Waals surface area (Å²) in [5.74, 6) is -3.39. The molecule has 2 N–H and O–H groups in total. The quantitative estimate of drug-likeness (QED) is 0.685. The van der Waals surface area contributed by atoms with Crippen LogP contribution in [0.1, 0.15) is 16.8 Å². The predicted octanol–water partition coefficient (Wildman–Crippen LogP) is 5.00. The summed E-state index contributed by atoms with van der Waals surface area (Å²) in [7, 11) is 0. The van der Waals surface area contributed by atoms with Crippen LogP contribution in [0.4, 0.5) is 20.2 Å². The van der Waals surface area contributed by atoms with Gasteiger partial charge in [0.1, 0.15) is 16.0 Å². The fourth-order valence-corrected chi connectivity index (χ4v) is 2.98. The summed E-state index contributed by atoms with van der Waals surface area (Å²) < 4.78 is 25.4. The molecule has 0 aliphatic heterocycles. The number of carbonyl (C=O) groups excluding carboxylic acids is 2. The van der Waals surface area contributed by atoms with Gasteiger partial charge in [-0.05, 0) is 36.8 Å². The van der Waals surface area contributed by atoms with E-state index in [4.69, 9.17) is 34.8 Å². The van der Waals surface area contributed by atoms with E-state index in [-0.39, 0.29) is 22.2 Å². The van der Waals surface area contributed by atoms with Crippen LogP contribution in [0.5, 0.6) is 0 Å². The number of alkyl halides is 2.